The van der Waals surface area contributed by atoms with Crippen molar-refractivity contribution in [3.8, 4) is 11.6 Å². The summed E-state index contributed by atoms with van der Waals surface area (Å²) in [6, 6.07) is 5.67. The predicted octanol–water partition coefficient (Wildman–Crippen LogP) is 0.244. The molecular weight excluding hydrogens is 232 g/mol. The van der Waals surface area contributed by atoms with Gasteiger partial charge in [-0.1, -0.05) is 0 Å². The zero-order valence-corrected chi connectivity index (χ0v) is 8.81. The van der Waals surface area contributed by atoms with Gasteiger partial charge in [0.05, 0.1) is 4.90 Å². The second kappa shape index (κ2) is 3.91. The number of hydrogen-bond acceptors (Lipinski definition) is 5. The Hall–Kier alpha value is -1.93. The van der Waals surface area contributed by atoms with E-state index in [0.29, 0.717) is 11.6 Å². The molecule has 0 aliphatic heterocycles. The maximum atomic E-state index is 11.0. The minimum Gasteiger partial charge on any atom is -0.436 e. The molecule has 0 spiro atoms. The summed E-state index contributed by atoms with van der Waals surface area (Å²) in [6.45, 7) is 0. The average molecular weight is 240 g/mol. The van der Waals surface area contributed by atoms with Gasteiger partial charge in [-0.3, -0.25) is 0 Å². The van der Waals surface area contributed by atoms with Crippen molar-refractivity contribution in [2.24, 2.45) is 5.14 Å². The molecule has 0 radical (unpaired) electrons. The van der Waals surface area contributed by atoms with Gasteiger partial charge >= 0.3 is 0 Å². The molecule has 0 saturated carbocycles. The zero-order valence-electron chi connectivity index (χ0n) is 7.99. The van der Waals surface area contributed by atoms with Crippen LogP contribution in [0.1, 0.15) is 0 Å². The summed E-state index contributed by atoms with van der Waals surface area (Å²) in [5.74, 6) is 0.740. The molecule has 16 heavy (non-hydrogen) atoms. The van der Waals surface area contributed by atoms with Crippen molar-refractivity contribution in [1.29, 1.82) is 0 Å². The van der Waals surface area contributed by atoms with Gasteiger partial charge in [0.2, 0.25) is 10.0 Å². The highest BCUT2D eigenvalue weighted by molar-refractivity contribution is 7.89. The molecule has 0 aliphatic carbocycles. The van der Waals surface area contributed by atoms with Crippen molar-refractivity contribution >= 4 is 10.0 Å². The van der Waals surface area contributed by atoms with Crippen LogP contribution in [-0.2, 0) is 10.0 Å². The predicted molar refractivity (Wildman–Crippen MR) is 54.3 cm³/mol. The molecule has 0 saturated heterocycles. The van der Waals surface area contributed by atoms with Crippen LogP contribution in [0.15, 0.2) is 35.4 Å². The number of primary sulfonamides is 1. The molecule has 8 heteroatoms. The number of ether oxygens (including phenoxy) is 1. The molecule has 2 rings (SSSR count). The first kappa shape index (κ1) is 10.6. The first-order valence-electron chi connectivity index (χ1n) is 4.22. The van der Waals surface area contributed by atoms with Crippen LogP contribution in [-0.4, -0.2) is 23.8 Å². The highest BCUT2D eigenvalue weighted by atomic mass is 32.2. The maximum absolute atomic E-state index is 11.0. The van der Waals surface area contributed by atoms with Crippen molar-refractivity contribution in [1.82, 2.24) is 15.4 Å². The molecule has 1 heterocycles. The fraction of sp³-hybridized carbons (Fsp3) is 0. The number of sulfonamides is 1. The average Bonchev–Trinajstić information content (AvgIpc) is 2.70. The van der Waals surface area contributed by atoms with E-state index in [1.165, 1.54) is 30.5 Å². The molecule has 2 aromatic rings. The Morgan fingerprint density at radius 2 is 1.94 bits per heavy atom. The van der Waals surface area contributed by atoms with Crippen LogP contribution >= 0.6 is 0 Å². The number of nitrogens with one attached hydrogen (secondary N) is 1. The smallest absolute Gasteiger partial charge is 0.258 e. The van der Waals surface area contributed by atoms with E-state index >= 15 is 0 Å². The highest BCUT2D eigenvalue weighted by Crippen LogP contribution is 2.19. The highest BCUT2D eigenvalue weighted by Gasteiger charge is 2.07. The number of aromatic amines is 1. The molecular formula is C8H8N4O3S. The van der Waals surface area contributed by atoms with Crippen molar-refractivity contribution in [2.75, 3.05) is 0 Å². The van der Waals surface area contributed by atoms with Gasteiger partial charge in [0.15, 0.2) is 0 Å². The van der Waals surface area contributed by atoms with E-state index in [9.17, 15) is 8.42 Å². The Kier molecular flexibility index (Phi) is 2.59. The number of nitrogens with two attached hydrogens (primary N) is 1. The van der Waals surface area contributed by atoms with Crippen molar-refractivity contribution in [2.45, 2.75) is 4.90 Å². The van der Waals surface area contributed by atoms with Crippen LogP contribution in [0.3, 0.4) is 0 Å². The fourth-order valence-electron chi connectivity index (χ4n) is 1.06. The Morgan fingerprint density at radius 1 is 1.25 bits per heavy atom. The van der Waals surface area contributed by atoms with Crippen LogP contribution in [0, 0.1) is 0 Å². The number of aromatic nitrogens is 3. The third-order valence-corrected chi connectivity index (χ3v) is 2.70. The van der Waals surface area contributed by atoms with E-state index in [0.717, 1.165) is 0 Å². The molecule has 0 unspecified atom stereocenters. The quantitative estimate of drug-likeness (QED) is 0.798. The first-order valence-corrected chi connectivity index (χ1v) is 5.77. The summed E-state index contributed by atoms with van der Waals surface area (Å²) in [5, 5.41) is 14.6. The summed E-state index contributed by atoms with van der Waals surface area (Å²) in [5.41, 5.74) is 0. The van der Waals surface area contributed by atoms with E-state index in [1.54, 1.807) is 0 Å². The second-order valence-corrected chi connectivity index (χ2v) is 4.49. The zero-order chi connectivity index (χ0) is 11.6. The lowest BCUT2D eigenvalue weighted by Crippen LogP contribution is -2.11. The number of rotatable bonds is 3. The summed E-state index contributed by atoms with van der Waals surface area (Å²) < 4.78 is 27.2. The third-order valence-electron chi connectivity index (χ3n) is 1.77. The van der Waals surface area contributed by atoms with E-state index in [-0.39, 0.29) is 4.90 Å². The molecule has 3 N–H and O–H groups in total. The maximum Gasteiger partial charge on any atom is 0.258 e. The van der Waals surface area contributed by atoms with Crippen LogP contribution < -0.4 is 9.88 Å². The minimum atomic E-state index is -3.67. The Bertz CT molecular complexity index is 562. The van der Waals surface area contributed by atoms with Gasteiger partial charge in [-0.2, -0.15) is 10.3 Å². The van der Waals surface area contributed by atoms with Crippen LogP contribution in [0.25, 0.3) is 0 Å². The minimum absolute atomic E-state index is 0.0278. The standard InChI is InChI=1S/C8H8N4O3S/c9-16(13,14)7-3-1-6(2-4-7)15-8-5-10-12-11-8/h1-5H,(H2,9,13,14)(H,10,11,12). The van der Waals surface area contributed by atoms with Crippen LogP contribution in [0.4, 0.5) is 0 Å². The number of H-pyrrole nitrogens is 1. The van der Waals surface area contributed by atoms with E-state index < -0.39 is 10.0 Å². The number of nitrogens with zero attached hydrogens (tertiary/aromatic N) is 2. The van der Waals surface area contributed by atoms with E-state index in [2.05, 4.69) is 15.4 Å². The SMILES string of the molecule is NS(=O)(=O)c1ccc(Oc2cn[nH]n2)cc1. The first-order chi connectivity index (χ1) is 7.55. The summed E-state index contributed by atoms with van der Waals surface area (Å²) in [4.78, 5) is 0.0278. The normalized spacial score (nSPS) is 11.3. The van der Waals surface area contributed by atoms with Crippen LogP contribution in [0.5, 0.6) is 11.6 Å². The molecule has 0 aliphatic rings. The summed E-state index contributed by atoms with van der Waals surface area (Å²) >= 11 is 0. The van der Waals surface area contributed by atoms with Crippen LogP contribution in [0.2, 0.25) is 0 Å². The lowest BCUT2D eigenvalue weighted by molar-refractivity contribution is 0.461. The lowest BCUT2D eigenvalue weighted by atomic mass is 10.3. The van der Waals surface area contributed by atoms with Gasteiger partial charge in [-0.25, -0.2) is 13.6 Å². The van der Waals surface area contributed by atoms with Gasteiger partial charge in [0.1, 0.15) is 11.9 Å². The summed E-state index contributed by atoms with van der Waals surface area (Å²) in [6.07, 6.45) is 1.40. The Labute approximate surface area is 91.3 Å². The number of hydrogen-bond donors (Lipinski definition) is 2. The molecule has 1 aromatic heterocycles. The van der Waals surface area contributed by atoms with Gasteiger partial charge in [-0.05, 0) is 24.3 Å². The third kappa shape index (κ3) is 2.35. The Morgan fingerprint density at radius 3 is 2.44 bits per heavy atom. The van der Waals surface area contributed by atoms with Gasteiger partial charge in [0, 0.05) is 0 Å². The topological polar surface area (TPSA) is 111 Å². The second-order valence-electron chi connectivity index (χ2n) is 2.93. The largest absolute Gasteiger partial charge is 0.436 e. The monoisotopic (exact) mass is 240 g/mol. The molecule has 1 aromatic carbocycles. The van der Waals surface area contributed by atoms with Crippen molar-refractivity contribution in [3.63, 3.8) is 0 Å². The van der Waals surface area contributed by atoms with Crippen molar-refractivity contribution < 1.29 is 13.2 Å². The lowest BCUT2D eigenvalue weighted by Gasteiger charge is -2.02. The van der Waals surface area contributed by atoms with E-state index in [4.69, 9.17) is 9.88 Å². The van der Waals surface area contributed by atoms with Gasteiger partial charge in [-0.15, -0.1) is 5.10 Å². The molecule has 0 amide bonds. The molecule has 7 nitrogen and oxygen atoms in total. The fourth-order valence-corrected chi connectivity index (χ4v) is 1.57. The van der Waals surface area contributed by atoms with Gasteiger partial charge < -0.3 is 4.74 Å². The molecule has 0 fully saturated rings. The summed E-state index contributed by atoms with van der Waals surface area (Å²) in [7, 11) is -3.67. The Balaban J connectivity index is 2.20. The number of benzene rings is 1. The molecule has 84 valence electrons. The van der Waals surface area contributed by atoms with Crippen molar-refractivity contribution in [3.05, 3.63) is 30.5 Å². The molecule has 0 atom stereocenters. The molecule has 0 bridgehead atoms. The van der Waals surface area contributed by atoms with E-state index in [1.807, 2.05) is 0 Å². The van der Waals surface area contributed by atoms with Gasteiger partial charge in [0.25, 0.3) is 5.88 Å².